The predicted octanol–water partition coefficient (Wildman–Crippen LogP) is 1.49. The van der Waals surface area contributed by atoms with Gasteiger partial charge in [-0.25, -0.2) is 0 Å². The van der Waals surface area contributed by atoms with Gasteiger partial charge in [0.15, 0.2) is 11.4 Å². The van der Waals surface area contributed by atoms with Gasteiger partial charge in [0.05, 0.1) is 11.3 Å². The maximum atomic E-state index is 13.5. The molecule has 0 aliphatic heterocycles. The van der Waals surface area contributed by atoms with Gasteiger partial charge < -0.3 is 26.2 Å². The maximum Gasteiger partial charge on any atom is 0.255 e. The van der Waals surface area contributed by atoms with E-state index in [9.17, 15) is 34.8 Å². The maximum absolute atomic E-state index is 13.5. The lowest BCUT2D eigenvalue weighted by molar-refractivity contribution is -0.147. The minimum atomic E-state index is -2.57. The van der Waals surface area contributed by atoms with Gasteiger partial charge in [0.2, 0.25) is 5.78 Å². The van der Waals surface area contributed by atoms with Crippen LogP contribution in [-0.2, 0) is 20.8 Å². The summed E-state index contributed by atoms with van der Waals surface area (Å²) >= 11 is 0. The fourth-order valence-electron chi connectivity index (χ4n) is 5.38. The number of hydrogen-bond donors (Lipinski definition) is 5. The number of nitrogens with two attached hydrogens (primary N) is 1. The second kappa shape index (κ2) is 7.01. The minimum Gasteiger partial charge on any atom is -0.508 e. The number of benzene rings is 1. The first-order valence-electron chi connectivity index (χ1n) is 10.4. The van der Waals surface area contributed by atoms with Gasteiger partial charge in [-0.15, -0.1) is 0 Å². The van der Waals surface area contributed by atoms with E-state index in [1.807, 2.05) is 0 Å². The molecule has 168 valence electrons. The number of primary amides is 1. The molecule has 0 unspecified atom stereocenters. The highest BCUT2D eigenvalue weighted by molar-refractivity contribution is 6.22. The molecule has 1 aromatic heterocycles. The molecule has 2 aromatic rings. The third-order valence-corrected chi connectivity index (χ3v) is 6.89. The van der Waals surface area contributed by atoms with Crippen LogP contribution in [0.5, 0.6) is 5.75 Å². The standard InChI is InChI=1S/C24H20N2O7/c25-23(32)19-16(28)9-11-7-10-8-13-12(14-3-1-2-6-26-14)4-5-15(27)18(13)20(29)17(10)21(30)24(11,33)22(19)31/h1-6,10-11,27,29,31,33H,7-9H2,(H2,25,32)/t10-,11+,24+/m1/s1. The van der Waals surface area contributed by atoms with Crippen LogP contribution < -0.4 is 5.73 Å². The molecule has 9 heteroatoms. The number of ketones is 2. The number of aliphatic hydroxyl groups is 3. The fraction of sp³-hybridized carbons (Fsp3) is 0.250. The molecule has 1 heterocycles. The van der Waals surface area contributed by atoms with Crippen LogP contribution in [0.25, 0.3) is 17.0 Å². The van der Waals surface area contributed by atoms with Crippen molar-refractivity contribution in [2.75, 3.05) is 0 Å². The minimum absolute atomic E-state index is 0.0466. The summed E-state index contributed by atoms with van der Waals surface area (Å²) < 4.78 is 0. The fourth-order valence-corrected chi connectivity index (χ4v) is 5.38. The van der Waals surface area contributed by atoms with E-state index in [0.717, 1.165) is 0 Å². The molecule has 33 heavy (non-hydrogen) atoms. The largest absolute Gasteiger partial charge is 0.508 e. The Morgan fingerprint density at radius 2 is 1.85 bits per heavy atom. The normalized spacial score (nSPS) is 26.6. The van der Waals surface area contributed by atoms with Gasteiger partial charge in [-0.05, 0) is 48.6 Å². The molecule has 3 aliphatic rings. The average molecular weight is 448 g/mol. The Labute approximate surface area is 187 Å². The SMILES string of the molecule is NC(=O)C1=C(O)[C@@]2(O)C(=O)C3=C(O)c4c(O)ccc(-c5ccccn5)c4C[C@H]3C[C@H]2CC1=O. The Hall–Kier alpha value is -3.98. The number of hydrogen-bond acceptors (Lipinski definition) is 8. The lowest BCUT2D eigenvalue weighted by Gasteiger charge is -2.46. The number of aromatic nitrogens is 1. The van der Waals surface area contributed by atoms with E-state index in [-0.39, 0.29) is 36.1 Å². The third kappa shape index (κ3) is 2.75. The topological polar surface area (TPSA) is 171 Å². The first-order valence-corrected chi connectivity index (χ1v) is 10.4. The van der Waals surface area contributed by atoms with Crippen LogP contribution in [-0.4, -0.2) is 48.5 Å². The van der Waals surface area contributed by atoms with Crippen molar-refractivity contribution in [3.05, 3.63) is 64.6 Å². The number of fused-ring (bicyclic) bond motifs is 3. The van der Waals surface area contributed by atoms with Gasteiger partial charge >= 0.3 is 0 Å². The van der Waals surface area contributed by atoms with Crippen LogP contribution in [0.2, 0.25) is 0 Å². The molecule has 1 saturated carbocycles. The summed E-state index contributed by atoms with van der Waals surface area (Å²) in [6, 6.07) is 8.39. The van der Waals surface area contributed by atoms with E-state index >= 15 is 0 Å². The summed E-state index contributed by atoms with van der Waals surface area (Å²) in [5, 5.41) is 43.4. The molecular weight excluding hydrogens is 428 g/mol. The number of rotatable bonds is 2. The molecular formula is C24H20N2O7. The molecule has 1 aromatic carbocycles. The first-order chi connectivity index (χ1) is 15.7. The Morgan fingerprint density at radius 1 is 1.09 bits per heavy atom. The van der Waals surface area contributed by atoms with Crippen molar-refractivity contribution in [3.8, 4) is 17.0 Å². The summed E-state index contributed by atoms with van der Waals surface area (Å²) in [6.07, 6.45) is 1.58. The van der Waals surface area contributed by atoms with Gasteiger partial charge in [-0.1, -0.05) is 6.07 Å². The quantitative estimate of drug-likeness (QED) is 0.430. The monoisotopic (exact) mass is 448 g/mol. The Kier molecular flexibility index (Phi) is 4.44. The second-order valence-corrected chi connectivity index (χ2v) is 8.61. The smallest absolute Gasteiger partial charge is 0.255 e. The molecule has 0 saturated heterocycles. The summed E-state index contributed by atoms with van der Waals surface area (Å²) in [6.45, 7) is 0. The molecule has 1 amide bonds. The van der Waals surface area contributed by atoms with E-state index in [1.165, 1.54) is 6.07 Å². The number of aromatic hydroxyl groups is 1. The van der Waals surface area contributed by atoms with Crippen molar-refractivity contribution in [2.24, 2.45) is 17.6 Å². The van der Waals surface area contributed by atoms with Gasteiger partial charge in [-0.2, -0.15) is 0 Å². The zero-order chi connectivity index (χ0) is 23.7. The summed E-state index contributed by atoms with van der Waals surface area (Å²) in [5.41, 5.74) is 3.56. The van der Waals surface area contributed by atoms with E-state index in [2.05, 4.69) is 4.98 Å². The highest BCUT2D eigenvalue weighted by Gasteiger charge is 2.60. The predicted molar refractivity (Wildman–Crippen MR) is 115 cm³/mol. The molecule has 6 N–H and O–H groups in total. The van der Waals surface area contributed by atoms with Gasteiger partial charge in [0.1, 0.15) is 22.8 Å². The van der Waals surface area contributed by atoms with Gasteiger partial charge in [-0.3, -0.25) is 19.4 Å². The van der Waals surface area contributed by atoms with E-state index in [1.54, 1.807) is 30.5 Å². The first kappa shape index (κ1) is 20.9. The van der Waals surface area contributed by atoms with Crippen molar-refractivity contribution in [1.82, 2.24) is 4.98 Å². The number of aliphatic hydroxyl groups excluding tert-OH is 2. The molecule has 3 atom stereocenters. The van der Waals surface area contributed by atoms with Crippen LogP contribution in [0.15, 0.2) is 53.4 Å². The van der Waals surface area contributed by atoms with Crippen molar-refractivity contribution in [3.63, 3.8) is 0 Å². The van der Waals surface area contributed by atoms with E-state index < -0.39 is 52.0 Å². The summed E-state index contributed by atoms with van der Waals surface area (Å²) in [4.78, 5) is 41.9. The molecule has 1 fully saturated rings. The Bertz CT molecular complexity index is 1310. The van der Waals surface area contributed by atoms with Crippen molar-refractivity contribution < 1.29 is 34.8 Å². The number of carbonyl (C=O) groups is 3. The number of phenols is 1. The van der Waals surface area contributed by atoms with Gasteiger partial charge in [0.25, 0.3) is 5.91 Å². The average Bonchev–Trinajstić information content (AvgIpc) is 2.76. The van der Waals surface area contributed by atoms with Crippen molar-refractivity contribution in [2.45, 2.75) is 24.9 Å². The number of nitrogens with zero attached hydrogens (tertiary/aromatic N) is 1. The number of carbonyl (C=O) groups excluding carboxylic acids is 3. The zero-order valence-electron chi connectivity index (χ0n) is 17.3. The van der Waals surface area contributed by atoms with E-state index in [0.29, 0.717) is 16.8 Å². The second-order valence-electron chi connectivity index (χ2n) is 8.61. The number of amides is 1. The molecule has 0 spiro atoms. The highest BCUT2D eigenvalue weighted by atomic mass is 16.3. The van der Waals surface area contributed by atoms with Crippen LogP contribution in [0, 0.1) is 11.8 Å². The van der Waals surface area contributed by atoms with Crippen molar-refractivity contribution >= 4 is 23.2 Å². The lowest BCUT2D eigenvalue weighted by atomic mass is 9.59. The summed E-state index contributed by atoms with van der Waals surface area (Å²) in [5.74, 6) is -6.46. The number of pyridine rings is 1. The molecule has 0 bridgehead atoms. The van der Waals surface area contributed by atoms with E-state index in [4.69, 9.17) is 5.73 Å². The van der Waals surface area contributed by atoms with Crippen LogP contribution >= 0.6 is 0 Å². The number of Topliss-reactive ketones (excluding diaryl/α,β-unsaturated/α-hetero) is 2. The van der Waals surface area contributed by atoms with Gasteiger partial charge in [0, 0.05) is 29.7 Å². The molecule has 3 aliphatic carbocycles. The number of phenolic OH excluding ortho intramolecular Hbond substituents is 1. The third-order valence-electron chi connectivity index (χ3n) is 6.89. The van der Waals surface area contributed by atoms with Crippen LogP contribution in [0.4, 0.5) is 0 Å². The van der Waals surface area contributed by atoms with Crippen LogP contribution in [0.1, 0.15) is 24.0 Å². The lowest BCUT2D eigenvalue weighted by Crippen LogP contribution is -2.58. The van der Waals surface area contributed by atoms with Crippen LogP contribution in [0.3, 0.4) is 0 Å². The molecule has 0 radical (unpaired) electrons. The molecule has 5 rings (SSSR count). The Morgan fingerprint density at radius 3 is 2.52 bits per heavy atom. The van der Waals surface area contributed by atoms with Crippen molar-refractivity contribution in [1.29, 1.82) is 0 Å². The highest BCUT2D eigenvalue weighted by Crippen LogP contribution is 2.52. The Balaban J connectivity index is 1.72. The molecule has 9 nitrogen and oxygen atoms in total. The zero-order valence-corrected chi connectivity index (χ0v) is 17.3. The summed E-state index contributed by atoms with van der Waals surface area (Å²) in [7, 11) is 0.